The number of fused-ring (bicyclic) bond motifs is 1. The lowest BCUT2D eigenvalue weighted by atomic mass is 10.1. The number of halogens is 1. The van der Waals surface area contributed by atoms with Crippen LogP contribution >= 0.6 is 11.6 Å². The number of nitrogen functional groups attached to an aromatic ring is 1. The number of hydrogen-bond donors (Lipinski definition) is 1. The molecule has 3 rings (SSSR count). The third-order valence-corrected chi connectivity index (χ3v) is 2.94. The molecule has 1 aromatic carbocycles. The lowest BCUT2D eigenvalue weighted by Crippen LogP contribution is -2.06. The van der Waals surface area contributed by atoms with Crippen molar-refractivity contribution in [3.05, 3.63) is 41.2 Å². The van der Waals surface area contributed by atoms with Crippen LogP contribution < -0.4 is 5.73 Å². The fourth-order valence-electron chi connectivity index (χ4n) is 1.79. The van der Waals surface area contributed by atoms with Gasteiger partial charge in [-0.25, -0.2) is 4.98 Å². The molecule has 0 aliphatic heterocycles. The molecule has 7 heteroatoms. The summed E-state index contributed by atoms with van der Waals surface area (Å²) in [4.78, 5) is 8.29. The predicted octanol–water partition coefficient (Wildman–Crippen LogP) is 1.90. The Labute approximate surface area is 113 Å². The molecule has 0 bridgehead atoms. The maximum Gasteiger partial charge on any atom is 0.254 e. The molecule has 3 aromatic rings. The molecule has 0 unspecified atom stereocenters. The van der Waals surface area contributed by atoms with Crippen LogP contribution in [0.2, 0.25) is 5.02 Å². The van der Waals surface area contributed by atoms with Crippen molar-refractivity contribution in [2.75, 3.05) is 5.73 Å². The van der Waals surface area contributed by atoms with Gasteiger partial charge in [-0.05, 0) is 12.1 Å². The molecule has 92 valence electrons. The molecule has 19 heavy (non-hydrogen) atoms. The van der Waals surface area contributed by atoms with E-state index in [2.05, 4.69) is 15.1 Å². The monoisotopic (exact) mass is 270 g/mol. The Morgan fingerprint density at radius 2 is 2.00 bits per heavy atom. The van der Waals surface area contributed by atoms with E-state index in [-0.39, 0.29) is 11.4 Å². The van der Waals surface area contributed by atoms with Crippen LogP contribution in [-0.4, -0.2) is 19.6 Å². The van der Waals surface area contributed by atoms with Crippen LogP contribution in [0.1, 0.15) is 5.56 Å². The molecule has 0 saturated heterocycles. The lowest BCUT2D eigenvalue weighted by Gasteiger charge is -2.07. The maximum atomic E-state index is 9.25. The third-order valence-electron chi connectivity index (χ3n) is 2.69. The highest BCUT2D eigenvalue weighted by molar-refractivity contribution is 6.30. The Kier molecular flexibility index (Phi) is 2.54. The van der Waals surface area contributed by atoms with Crippen LogP contribution in [-0.2, 0) is 0 Å². The van der Waals surface area contributed by atoms with Crippen molar-refractivity contribution in [1.82, 2.24) is 19.6 Å². The first-order chi connectivity index (χ1) is 9.20. The van der Waals surface area contributed by atoms with Gasteiger partial charge < -0.3 is 5.73 Å². The Balaban J connectivity index is 2.34. The number of rotatable bonds is 1. The van der Waals surface area contributed by atoms with Crippen molar-refractivity contribution in [2.24, 2.45) is 0 Å². The largest absolute Gasteiger partial charge is 0.382 e. The van der Waals surface area contributed by atoms with Gasteiger partial charge in [0.15, 0.2) is 0 Å². The molecule has 0 radical (unpaired) electrons. The van der Waals surface area contributed by atoms with Crippen molar-refractivity contribution in [1.29, 1.82) is 5.26 Å². The van der Waals surface area contributed by atoms with E-state index in [1.54, 1.807) is 24.3 Å². The van der Waals surface area contributed by atoms with Gasteiger partial charge in [-0.1, -0.05) is 23.7 Å². The summed E-state index contributed by atoms with van der Waals surface area (Å²) < 4.78 is 1.33. The van der Waals surface area contributed by atoms with Gasteiger partial charge >= 0.3 is 0 Å². The van der Waals surface area contributed by atoms with Gasteiger partial charge in [0.2, 0.25) is 0 Å². The molecule has 2 aromatic heterocycles. The average Bonchev–Trinajstić information content (AvgIpc) is 2.88. The SMILES string of the molecule is N#Cc1c(-c2ccc(Cl)cc2)nc2ncnn2c1N. The summed E-state index contributed by atoms with van der Waals surface area (Å²) in [5, 5.41) is 13.8. The second-order valence-electron chi connectivity index (χ2n) is 3.81. The van der Waals surface area contributed by atoms with E-state index < -0.39 is 0 Å². The van der Waals surface area contributed by atoms with Crippen LogP contribution in [0.4, 0.5) is 5.82 Å². The van der Waals surface area contributed by atoms with E-state index >= 15 is 0 Å². The molecule has 0 atom stereocenters. The summed E-state index contributed by atoms with van der Waals surface area (Å²) in [6.45, 7) is 0. The summed E-state index contributed by atoms with van der Waals surface area (Å²) in [5.74, 6) is 0.566. The zero-order valence-electron chi connectivity index (χ0n) is 9.58. The van der Waals surface area contributed by atoms with Crippen molar-refractivity contribution < 1.29 is 0 Å². The number of nitriles is 1. The zero-order valence-corrected chi connectivity index (χ0v) is 10.3. The number of anilines is 1. The number of nitrogens with two attached hydrogens (primary N) is 1. The van der Waals surface area contributed by atoms with E-state index in [4.69, 9.17) is 17.3 Å². The van der Waals surface area contributed by atoms with E-state index in [1.165, 1.54) is 10.8 Å². The highest BCUT2D eigenvalue weighted by atomic mass is 35.5. The summed E-state index contributed by atoms with van der Waals surface area (Å²) in [6.07, 6.45) is 1.34. The molecule has 0 amide bonds. The van der Waals surface area contributed by atoms with Gasteiger partial charge in [-0.2, -0.15) is 19.9 Å². The summed E-state index contributed by atoms with van der Waals surface area (Å²) in [5.41, 5.74) is 7.40. The fourth-order valence-corrected chi connectivity index (χ4v) is 1.92. The van der Waals surface area contributed by atoms with Crippen LogP contribution in [0.25, 0.3) is 17.0 Å². The van der Waals surface area contributed by atoms with Crippen LogP contribution in [0.5, 0.6) is 0 Å². The van der Waals surface area contributed by atoms with Crippen LogP contribution in [0.3, 0.4) is 0 Å². The minimum absolute atomic E-state index is 0.218. The second-order valence-corrected chi connectivity index (χ2v) is 4.25. The van der Waals surface area contributed by atoms with E-state index in [9.17, 15) is 5.26 Å². The molecular formula is C12H7ClN6. The van der Waals surface area contributed by atoms with E-state index in [0.29, 0.717) is 16.5 Å². The molecule has 0 spiro atoms. The first-order valence-electron chi connectivity index (χ1n) is 5.36. The summed E-state index contributed by atoms with van der Waals surface area (Å²) >= 11 is 5.85. The average molecular weight is 271 g/mol. The van der Waals surface area contributed by atoms with Gasteiger partial charge in [0.1, 0.15) is 23.8 Å². The Morgan fingerprint density at radius 3 is 2.68 bits per heavy atom. The number of nitrogens with zero attached hydrogens (tertiary/aromatic N) is 5. The second kappa shape index (κ2) is 4.23. The molecule has 0 saturated carbocycles. The van der Waals surface area contributed by atoms with Gasteiger partial charge in [0, 0.05) is 10.6 Å². The van der Waals surface area contributed by atoms with Gasteiger partial charge in [-0.3, -0.25) is 0 Å². The number of aromatic nitrogens is 4. The first-order valence-corrected chi connectivity index (χ1v) is 5.74. The third kappa shape index (κ3) is 1.77. The van der Waals surface area contributed by atoms with Crippen LogP contribution in [0, 0.1) is 11.3 Å². The minimum Gasteiger partial charge on any atom is -0.382 e. The quantitative estimate of drug-likeness (QED) is 0.729. The minimum atomic E-state index is 0.218. The highest BCUT2D eigenvalue weighted by Gasteiger charge is 2.15. The molecule has 0 aliphatic carbocycles. The molecule has 2 heterocycles. The maximum absolute atomic E-state index is 9.25. The molecule has 0 fully saturated rings. The van der Waals surface area contributed by atoms with Crippen molar-refractivity contribution >= 4 is 23.2 Å². The lowest BCUT2D eigenvalue weighted by molar-refractivity contribution is 0.949. The van der Waals surface area contributed by atoms with Crippen molar-refractivity contribution in [2.45, 2.75) is 0 Å². The van der Waals surface area contributed by atoms with E-state index in [0.717, 1.165) is 5.56 Å². The van der Waals surface area contributed by atoms with Gasteiger partial charge in [-0.15, -0.1) is 0 Å². The Hall–Kier alpha value is -2.65. The summed E-state index contributed by atoms with van der Waals surface area (Å²) in [7, 11) is 0. The number of hydrogen-bond acceptors (Lipinski definition) is 5. The first kappa shape index (κ1) is 11.4. The predicted molar refractivity (Wildman–Crippen MR) is 70.4 cm³/mol. The molecule has 0 aliphatic rings. The standard InChI is InChI=1S/C12H7ClN6/c13-8-3-1-7(2-4-8)10-9(5-14)11(15)19-12(18-10)16-6-17-19/h1-4,6H,15H2. The number of benzene rings is 1. The van der Waals surface area contributed by atoms with Crippen molar-refractivity contribution in [3.63, 3.8) is 0 Å². The van der Waals surface area contributed by atoms with Gasteiger partial charge in [0.25, 0.3) is 5.78 Å². The molecular weight excluding hydrogens is 264 g/mol. The zero-order chi connectivity index (χ0) is 13.4. The summed E-state index contributed by atoms with van der Waals surface area (Å²) in [6, 6.07) is 9.05. The Bertz CT molecular complexity index is 799. The fraction of sp³-hybridized carbons (Fsp3) is 0. The topological polar surface area (TPSA) is 92.9 Å². The smallest absolute Gasteiger partial charge is 0.254 e. The molecule has 6 nitrogen and oxygen atoms in total. The van der Waals surface area contributed by atoms with E-state index in [1.807, 2.05) is 6.07 Å². The highest BCUT2D eigenvalue weighted by Crippen LogP contribution is 2.26. The van der Waals surface area contributed by atoms with Gasteiger partial charge in [0.05, 0.1) is 5.69 Å². The normalized spacial score (nSPS) is 10.5. The van der Waals surface area contributed by atoms with Crippen LogP contribution in [0.15, 0.2) is 30.6 Å². The Morgan fingerprint density at radius 1 is 1.26 bits per heavy atom. The van der Waals surface area contributed by atoms with Crippen molar-refractivity contribution in [3.8, 4) is 17.3 Å². The molecule has 2 N–H and O–H groups in total.